The van der Waals surface area contributed by atoms with E-state index in [0.29, 0.717) is 0 Å². The molecule has 1 heterocycles. The Morgan fingerprint density at radius 2 is 1.84 bits per heavy atom. The number of hydrogen-bond donors (Lipinski definition) is 2. The molecule has 7 nitrogen and oxygen atoms in total. The predicted octanol–water partition coefficient (Wildman–Crippen LogP) is 1.42. The Bertz CT molecular complexity index is 672. The normalized spacial score (nSPS) is 18.3. The third-order valence-corrected chi connectivity index (χ3v) is 3.68. The van der Waals surface area contributed by atoms with E-state index in [1.807, 2.05) is 0 Å². The largest absolute Gasteiger partial charge is 0.367 e. The zero-order valence-corrected chi connectivity index (χ0v) is 14.5. The van der Waals surface area contributed by atoms with Gasteiger partial charge in [0.1, 0.15) is 5.82 Å². The van der Waals surface area contributed by atoms with Gasteiger partial charge in [-0.15, -0.1) is 0 Å². The van der Waals surface area contributed by atoms with Gasteiger partial charge < -0.3 is 19.7 Å². The van der Waals surface area contributed by atoms with Crippen LogP contribution in [0.3, 0.4) is 0 Å². The minimum absolute atomic E-state index is 0.0512. The molecule has 3 unspecified atom stereocenters. The van der Waals surface area contributed by atoms with Crippen LogP contribution in [0.2, 0.25) is 0 Å². The topological polar surface area (TPSA) is 96.3 Å². The van der Waals surface area contributed by atoms with E-state index in [1.165, 1.54) is 13.0 Å². The summed E-state index contributed by atoms with van der Waals surface area (Å²) in [6.07, 6.45) is -3.53. The van der Waals surface area contributed by atoms with Crippen molar-refractivity contribution in [1.29, 1.82) is 0 Å². The smallest absolute Gasteiger partial charge is 0.299 e. The summed E-state index contributed by atoms with van der Waals surface area (Å²) in [5.74, 6) is -2.34. The van der Waals surface area contributed by atoms with Crippen molar-refractivity contribution < 1.29 is 33.7 Å². The Morgan fingerprint density at radius 3 is 2.44 bits per heavy atom. The van der Waals surface area contributed by atoms with Gasteiger partial charge in [0.15, 0.2) is 18.9 Å². The molecule has 1 aromatic rings. The molecule has 0 bridgehead atoms. The quantitative estimate of drug-likeness (QED) is 0.592. The molecule has 25 heavy (non-hydrogen) atoms. The second-order valence-corrected chi connectivity index (χ2v) is 6.92. The van der Waals surface area contributed by atoms with Gasteiger partial charge in [-0.05, 0) is 25.1 Å². The number of rotatable bonds is 6. The standard InChI is InChI=1S/C17H22FNO6/c1-9(25-16(23)17(2,3)4)24-13(20)8-19-12-6-5-10(18)7-11(12)14(21)15(19)22/h5-7,9,13,16,20,23H,8H2,1-4H3. The minimum Gasteiger partial charge on any atom is -0.367 e. The molecule has 0 fully saturated rings. The molecule has 2 rings (SSSR count). The highest BCUT2D eigenvalue weighted by Crippen LogP contribution is 2.30. The number of β-amino-alcohol motifs (C(OH)–C–C–N with tert-alkyl or cyclic N) is 1. The molecule has 0 aliphatic carbocycles. The molecule has 0 aromatic heterocycles. The molecule has 0 spiro atoms. The van der Waals surface area contributed by atoms with Gasteiger partial charge in [-0.3, -0.25) is 14.5 Å². The van der Waals surface area contributed by atoms with Crippen molar-refractivity contribution in [3.05, 3.63) is 29.6 Å². The first kappa shape index (κ1) is 19.5. The van der Waals surface area contributed by atoms with Crippen molar-refractivity contribution in [2.24, 2.45) is 5.41 Å². The highest BCUT2D eigenvalue weighted by atomic mass is 19.1. The lowest BCUT2D eigenvalue weighted by molar-refractivity contribution is -0.286. The van der Waals surface area contributed by atoms with Crippen LogP contribution in [0.25, 0.3) is 0 Å². The van der Waals surface area contributed by atoms with E-state index in [4.69, 9.17) is 9.47 Å². The maximum atomic E-state index is 13.2. The second-order valence-electron chi connectivity index (χ2n) is 6.92. The van der Waals surface area contributed by atoms with E-state index in [0.717, 1.165) is 17.0 Å². The molecule has 3 atom stereocenters. The Labute approximate surface area is 145 Å². The maximum absolute atomic E-state index is 13.2. The lowest BCUT2D eigenvalue weighted by Gasteiger charge is -2.30. The fourth-order valence-electron chi connectivity index (χ4n) is 2.29. The van der Waals surface area contributed by atoms with Gasteiger partial charge in [0.25, 0.3) is 11.7 Å². The number of amides is 1. The Balaban J connectivity index is 2.00. The zero-order chi connectivity index (χ0) is 18.9. The lowest BCUT2D eigenvalue weighted by Crippen LogP contribution is -2.40. The summed E-state index contributed by atoms with van der Waals surface area (Å²) >= 11 is 0. The van der Waals surface area contributed by atoms with E-state index in [-0.39, 0.29) is 17.8 Å². The molecule has 2 N–H and O–H groups in total. The van der Waals surface area contributed by atoms with Crippen LogP contribution in [-0.2, 0) is 14.3 Å². The average molecular weight is 355 g/mol. The Hall–Kier alpha value is -1.87. The van der Waals surface area contributed by atoms with Crippen molar-refractivity contribution in [2.75, 3.05) is 11.4 Å². The first-order valence-corrected chi connectivity index (χ1v) is 7.83. The Morgan fingerprint density at radius 1 is 1.20 bits per heavy atom. The van der Waals surface area contributed by atoms with Crippen LogP contribution in [0.15, 0.2) is 18.2 Å². The molecule has 1 aromatic carbocycles. The molecular weight excluding hydrogens is 333 g/mol. The second kappa shape index (κ2) is 7.17. The van der Waals surface area contributed by atoms with E-state index in [2.05, 4.69) is 0 Å². The summed E-state index contributed by atoms with van der Waals surface area (Å²) in [6, 6.07) is 3.40. The third-order valence-electron chi connectivity index (χ3n) is 3.68. The number of ketones is 1. The molecule has 0 saturated heterocycles. The van der Waals surface area contributed by atoms with Crippen LogP contribution >= 0.6 is 0 Å². The SMILES string of the molecule is CC(OC(O)CN1C(=O)C(=O)c2cc(F)ccc21)OC(O)C(C)(C)C. The van der Waals surface area contributed by atoms with Gasteiger partial charge in [0.05, 0.1) is 17.8 Å². The van der Waals surface area contributed by atoms with Gasteiger partial charge in [0.2, 0.25) is 0 Å². The number of carbonyl (C=O) groups is 2. The summed E-state index contributed by atoms with van der Waals surface area (Å²) in [7, 11) is 0. The van der Waals surface area contributed by atoms with E-state index >= 15 is 0 Å². The van der Waals surface area contributed by atoms with E-state index < -0.39 is 41.8 Å². The van der Waals surface area contributed by atoms with Crippen LogP contribution < -0.4 is 4.90 Å². The number of benzene rings is 1. The number of halogens is 1. The monoisotopic (exact) mass is 355 g/mol. The number of ether oxygens (including phenoxy) is 2. The van der Waals surface area contributed by atoms with Crippen LogP contribution in [-0.4, -0.2) is 47.3 Å². The average Bonchev–Trinajstić information content (AvgIpc) is 2.71. The summed E-state index contributed by atoms with van der Waals surface area (Å²) in [5, 5.41) is 19.9. The molecule has 1 aliphatic heterocycles. The molecule has 0 radical (unpaired) electrons. The van der Waals surface area contributed by atoms with E-state index in [9.17, 15) is 24.2 Å². The van der Waals surface area contributed by atoms with Crippen LogP contribution in [0, 0.1) is 11.2 Å². The molecule has 138 valence electrons. The number of hydrogen-bond acceptors (Lipinski definition) is 6. The minimum atomic E-state index is -1.46. The fraction of sp³-hybridized carbons (Fsp3) is 0.529. The molecule has 8 heteroatoms. The third kappa shape index (κ3) is 4.40. The predicted molar refractivity (Wildman–Crippen MR) is 86.2 cm³/mol. The number of fused-ring (bicyclic) bond motifs is 1. The maximum Gasteiger partial charge on any atom is 0.299 e. The van der Waals surface area contributed by atoms with Crippen molar-refractivity contribution >= 4 is 17.4 Å². The van der Waals surface area contributed by atoms with Gasteiger partial charge in [-0.25, -0.2) is 4.39 Å². The van der Waals surface area contributed by atoms with Gasteiger partial charge >= 0.3 is 0 Å². The molecule has 1 amide bonds. The summed E-state index contributed by atoms with van der Waals surface area (Å²) in [6.45, 7) is 6.46. The van der Waals surface area contributed by atoms with Crippen molar-refractivity contribution in [3.63, 3.8) is 0 Å². The lowest BCUT2D eigenvalue weighted by atomic mass is 9.96. The fourth-order valence-corrected chi connectivity index (χ4v) is 2.29. The molecular formula is C17H22FNO6. The zero-order valence-electron chi connectivity index (χ0n) is 14.5. The number of Topliss-reactive ketones (excluding diaryl/α,β-unsaturated/α-hetero) is 1. The number of aliphatic hydroxyl groups excluding tert-OH is 2. The van der Waals surface area contributed by atoms with Crippen LogP contribution in [0.5, 0.6) is 0 Å². The summed E-state index contributed by atoms with van der Waals surface area (Å²) in [5.41, 5.74) is -0.380. The highest BCUT2D eigenvalue weighted by Gasteiger charge is 2.37. The van der Waals surface area contributed by atoms with Crippen molar-refractivity contribution in [2.45, 2.75) is 46.6 Å². The van der Waals surface area contributed by atoms with Gasteiger partial charge in [-0.1, -0.05) is 20.8 Å². The summed E-state index contributed by atoms with van der Waals surface area (Å²) < 4.78 is 23.7. The number of carbonyl (C=O) groups excluding carboxylic acids is 2. The van der Waals surface area contributed by atoms with Crippen LogP contribution in [0.4, 0.5) is 10.1 Å². The first-order chi connectivity index (χ1) is 11.5. The Kier molecular flexibility index (Phi) is 5.58. The number of anilines is 1. The number of aliphatic hydroxyl groups is 2. The van der Waals surface area contributed by atoms with E-state index in [1.54, 1.807) is 20.8 Å². The van der Waals surface area contributed by atoms with Gasteiger partial charge in [0, 0.05) is 5.41 Å². The van der Waals surface area contributed by atoms with Gasteiger partial charge in [-0.2, -0.15) is 0 Å². The molecule has 1 aliphatic rings. The summed E-state index contributed by atoms with van der Waals surface area (Å²) in [4.78, 5) is 24.9. The first-order valence-electron chi connectivity index (χ1n) is 7.83. The molecule has 0 saturated carbocycles. The van der Waals surface area contributed by atoms with Crippen LogP contribution in [0.1, 0.15) is 38.1 Å². The highest BCUT2D eigenvalue weighted by molar-refractivity contribution is 6.52. The van der Waals surface area contributed by atoms with Crippen molar-refractivity contribution in [1.82, 2.24) is 0 Å². The van der Waals surface area contributed by atoms with Crippen molar-refractivity contribution in [3.8, 4) is 0 Å². The number of nitrogens with zero attached hydrogens (tertiary/aromatic N) is 1.